The number of morpholine rings is 1. The quantitative estimate of drug-likeness (QED) is 0.583. The molecule has 1 saturated carbocycles. The van der Waals surface area contributed by atoms with E-state index < -0.39 is 36.9 Å². The lowest BCUT2D eigenvalue weighted by molar-refractivity contribution is -0.125. The van der Waals surface area contributed by atoms with E-state index in [9.17, 15) is 27.2 Å². The number of carbonyl (C=O) groups excluding carboxylic acids is 2. The first-order valence-corrected chi connectivity index (χ1v) is 9.66. The molecular formula is C19H24F4N4O3. The van der Waals surface area contributed by atoms with Gasteiger partial charge in [0.1, 0.15) is 12.6 Å². The second kappa shape index (κ2) is 9.71. The van der Waals surface area contributed by atoms with E-state index in [0.29, 0.717) is 12.8 Å². The lowest BCUT2D eigenvalue weighted by Gasteiger charge is -2.30. The van der Waals surface area contributed by atoms with Gasteiger partial charge in [0.15, 0.2) is 0 Å². The average Bonchev–Trinajstić information content (AvgIpc) is 3.53. The summed E-state index contributed by atoms with van der Waals surface area (Å²) in [7, 11) is 0. The molecule has 3 rings (SSSR count). The van der Waals surface area contributed by atoms with Crippen molar-refractivity contribution in [3.8, 4) is 0 Å². The van der Waals surface area contributed by atoms with Crippen LogP contribution in [0.3, 0.4) is 0 Å². The summed E-state index contributed by atoms with van der Waals surface area (Å²) in [5, 5.41) is 2.41. The van der Waals surface area contributed by atoms with Crippen LogP contribution in [0.15, 0.2) is 18.2 Å². The van der Waals surface area contributed by atoms with Gasteiger partial charge in [-0.15, -0.1) is 0 Å². The summed E-state index contributed by atoms with van der Waals surface area (Å²) in [6.07, 6.45) is -4.20. The van der Waals surface area contributed by atoms with E-state index in [0.717, 1.165) is 6.07 Å². The topological polar surface area (TPSA) is 87.9 Å². The van der Waals surface area contributed by atoms with Crippen molar-refractivity contribution in [3.63, 3.8) is 0 Å². The van der Waals surface area contributed by atoms with Gasteiger partial charge in [0, 0.05) is 36.1 Å². The van der Waals surface area contributed by atoms with Crippen LogP contribution in [0.5, 0.6) is 0 Å². The third-order valence-corrected chi connectivity index (χ3v) is 5.12. The number of amides is 2. The minimum atomic E-state index is -2.92. The highest BCUT2D eigenvalue weighted by atomic mass is 19.3. The zero-order chi connectivity index (χ0) is 21.8. The smallest absolute Gasteiger partial charge is 0.265 e. The Morgan fingerprint density at radius 1 is 1.30 bits per heavy atom. The molecule has 166 valence electrons. The second-order valence-corrected chi connectivity index (χ2v) is 7.23. The van der Waals surface area contributed by atoms with Gasteiger partial charge in [0.05, 0.1) is 13.2 Å². The maximum absolute atomic E-state index is 13.7. The lowest BCUT2D eigenvalue weighted by Crippen LogP contribution is -2.51. The SMILES string of the molecule is NC[C@@H](C(=O)Nc1ccc(N2CCOCC2=O)cc1C(F)F)N(CC(F)F)C1CC1. The molecule has 1 aromatic rings. The highest BCUT2D eigenvalue weighted by Gasteiger charge is 2.38. The maximum atomic E-state index is 13.7. The number of rotatable bonds is 9. The number of nitrogens with zero attached hydrogens (tertiary/aromatic N) is 2. The van der Waals surface area contributed by atoms with Crippen molar-refractivity contribution in [1.29, 1.82) is 0 Å². The van der Waals surface area contributed by atoms with Gasteiger partial charge >= 0.3 is 0 Å². The Hall–Kier alpha value is -2.24. The van der Waals surface area contributed by atoms with Crippen LogP contribution in [0.4, 0.5) is 28.9 Å². The fourth-order valence-electron chi connectivity index (χ4n) is 3.51. The molecule has 11 heteroatoms. The minimum Gasteiger partial charge on any atom is -0.370 e. The molecule has 7 nitrogen and oxygen atoms in total. The van der Waals surface area contributed by atoms with Crippen LogP contribution >= 0.6 is 0 Å². The predicted molar refractivity (Wildman–Crippen MR) is 102 cm³/mol. The first kappa shape index (κ1) is 22.4. The van der Waals surface area contributed by atoms with Crippen molar-refractivity contribution in [2.45, 2.75) is 37.8 Å². The number of hydrogen-bond donors (Lipinski definition) is 2. The number of anilines is 2. The zero-order valence-corrected chi connectivity index (χ0v) is 16.2. The number of ether oxygens (including phenoxy) is 1. The average molecular weight is 432 g/mol. The summed E-state index contributed by atoms with van der Waals surface area (Å²) in [5.41, 5.74) is 5.30. The van der Waals surface area contributed by atoms with Gasteiger partial charge in [-0.3, -0.25) is 14.5 Å². The number of nitrogens with one attached hydrogen (secondary N) is 1. The summed E-state index contributed by atoms with van der Waals surface area (Å²) in [5.74, 6) is -1.07. The molecular weight excluding hydrogens is 408 g/mol. The van der Waals surface area contributed by atoms with Gasteiger partial charge in [0.25, 0.3) is 18.8 Å². The number of hydrogen-bond acceptors (Lipinski definition) is 5. The molecule has 1 atom stereocenters. The first-order valence-electron chi connectivity index (χ1n) is 9.66. The van der Waals surface area contributed by atoms with E-state index in [1.54, 1.807) is 0 Å². The van der Waals surface area contributed by atoms with Gasteiger partial charge in [-0.1, -0.05) is 0 Å². The van der Waals surface area contributed by atoms with E-state index in [2.05, 4.69) is 5.32 Å². The monoisotopic (exact) mass is 432 g/mol. The molecule has 1 saturated heterocycles. The van der Waals surface area contributed by atoms with Crippen molar-refractivity contribution >= 4 is 23.2 Å². The maximum Gasteiger partial charge on any atom is 0.265 e. The number of carbonyl (C=O) groups is 2. The molecule has 0 aromatic heterocycles. The first-order chi connectivity index (χ1) is 14.3. The fraction of sp³-hybridized carbons (Fsp3) is 0.579. The molecule has 2 fully saturated rings. The van der Waals surface area contributed by atoms with E-state index in [-0.39, 0.29) is 49.6 Å². The number of alkyl halides is 4. The Morgan fingerprint density at radius 2 is 2.03 bits per heavy atom. The molecule has 2 amide bonds. The van der Waals surface area contributed by atoms with E-state index in [4.69, 9.17) is 10.5 Å². The Balaban J connectivity index is 1.80. The molecule has 0 radical (unpaired) electrons. The number of benzene rings is 1. The molecule has 0 unspecified atom stereocenters. The van der Waals surface area contributed by atoms with E-state index >= 15 is 0 Å². The van der Waals surface area contributed by atoms with Crippen LogP contribution in [0.25, 0.3) is 0 Å². The van der Waals surface area contributed by atoms with Gasteiger partial charge < -0.3 is 20.7 Å². The van der Waals surface area contributed by atoms with Crippen LogP contribution in [-0.4, -0.2) is 68.1 Å². The van der Waals surface area contributed by atoms with Gasteiger partial charge in [-0.2, -0.15) is 0 Å². The highest BCUT2D eigenvalue weighted by Crippen LogP contribution is 2.33. The molecule has 0 bridgehead atoms. The zero-order valence-electron chi connectivity index (χ0n) is 16.2. The Bertz CT molecular complexity index is 776. The van der Waals surface area contributed by atoms with Crippen molar-refractivity contribution < 1.29 is 31.9 Å². The largest absolute Gasteiger partial charge is 0.370 e. The lowest BCUT2D eigenvalue weighted by atomic mass is 10.1. The van der Waals surface area contributed by atoms with E-state index in [1.807, 2.05) is 0 Å². The molecule has 0 spiro atoms. The standard InChI is InChI=1S/C19H24F4N4O3/c20-16(21)9-27(11-1-2-11)15(8-24)19(29)25-14-4-3-12(7-13(14)18(22)23)26-5-6-30-10-17(26)28/h3-4,7,11,15-16,18H,1-2,5-6,8-10,24H2,(H,25,29)/t15-/m0/s1. The molecule has 1 aliphatic heterocycles. The van der Waals surface area contributed by atoms with Gasteiger partial charge in [-0.05, 0) is 31.0 Å². The third-order valence-electron chi connectivity index (χ3n) is 5.12. The van der Waals surface area contributed by atoms with Gasteiger partial charge in [-0.25, -0.2) is 17.6 Å². The molecule has 1 heterocycles. The summed E-state index contributed by atoms with van der Waals surface area (Å²) in [6, 6.07) is 2.64. The molecule has 1 aromatic carbocycles. The van der Waals surface area contributed by atoms with Crippen LogP contribution in [-0.2, 0) is 14.3 Å². The van der Waals surface area contributed by atoms with Crippen molar-refractivity contribution in [2.24, 2.45) is 5.73 Å². The molecule has 30 heavy (non-hydrogen) atoms. The summed E-state index contributed by atoms with van der Waals surface area (Å²) >= 11 is 0. The van der Waals surface area contributed by atoms with Crippen molar-refractivity contribution in [1.82, 2.24) is 4.90 Å². The summed E-state index contributed by atoms with van der Waals surface area (Å²) in [4.78, 5) is 27.3. The molecule has 3 N–H and O–H groups in total. The Kier molecular flexibility index (Phi) is 7.27. The fourth-order valence-corrected chi connectivity index (χ4v) is 3.51. The normalized spacial score (nSPS) is 18.4. The highest BCUT2D eigenvalue weighted by molar-refractivity contribution is 5.97. The predicted octanol–water partition coefficient (Wildman–Crippen LogP) is 1.98. The van der Waals surface area contributed by atoms with Crippen LogP contribution < -0.4 is 16.0 Å². The minimum absolute atomic E-state index is 0.137. The van der Waals surface area contributed by atoms with E-state index in [1.165, 1.54) is 21.9 Å². The van der Waals surface area contributed by atoms with Gasteiger partial charge in [0.2, 0.25) is 5.91 Å². The Morgan fingerprint density at radius 3 is 2.60 bits per heavy atom. The third kappa shape index (κ3) is 5.27. The van der Waals surface area contributed by atoms with Crippen LogP contribution in [0.1, 0.15) is 24.8 Å². The summed E-state index contributed by atoms with van der Waals surface area (Å²) < 4.78 is 58.2. The second-order valence-electron chi connectivity index (χ2n) is 7.23. The molecule has 2 aliphatic rings. The number of nitrogens with two attached hydrogens (primary N) is 1. The van der Waals surface area contributed by atoms with Crippen molar-refractivity contribution in [2.75, 3.05) is 43.1 Å². The van der Waals surface area contributed by atoms with Crippen LogP contribution in [0.2, 0.25) is 0 Å². The van der Waals surface area contributed by atoms with Crippen molar-refractivity contribution in [3.05, 3.63) is 23.8 Å². The van der Waals surface area contributed by atoms with Crippen LogP contribution in [0, 0.1) is 0 Å². The number of halogens is 4. The molecule has 1 aliphatic carbocycles. The summed E-state index contributed by atoms with van der Waals surface area (Å²) in [6.45, 7) is -0.457. The Labute approximate surface area is 171 Å².